The van der Waals surface area contributed by atoms with E-state index in [4.69, 9.17) is 0 Å². The van der Waals surface area contributed by atoms with Crippen LogP contribution < -0.4 is 0 Å². The predicted octanol–water partition coefficient (Wildman–Crippen LogP) is 6.88. The Hall–Kier alpha value is -1.90. The fraction of sp³-hybridized carbons (Fsp3) is 0.474. The average molecular weight is 309 g/mol. The predicted molar refractivity (Wildman–Crippen MR) is 102 cm³/mol. The van der Waals surface area contributed by atoms with Gasteiger partial charge in [-0.3, -0.25) is 10.1 Å². The van der Waals surface area contributed by atoms with Crippen LogP contribution in [0.4, 0.5) is 0 Å². The van der Waals surface area contributed by atoms with Crippen molar-refractivity contribution in [3.63, 3.8) is 0 Å². The summed E-state index contributed by atoms with van der Waals surface area (Å²) in [5.74, 6) is 0. The molecule has 0 aliphatic carbocycles. The molecule has 0 N–H and O–H groups in total. The van der Waals surface area contributed by atoms with Gasteiger partial charge >= 0.3 is 0 Å². The Bertz CT molecular complexity index is 386. The Balaban J connectivity index is -0.000000238. The minimum Gasteiger partial charge on any atom is -0.258 e. The summed E-state index contributed by atoms with van der Waals surface area (Å²) in [6.07, 6.45) is 10.2. The first-order chi connectivity index (χ1) is 10.6. The van der Waals surface area contributed by atoms with E-state index in [2.05, 4.69) is 6.58 Å². The summed E-state index contributed by atoms with van der Waals surface area (Å²) in [5, 5.41) is 10.9. The van der Waals surface area contributed by atoms with Gasteiger partial charge in [0, 0.05) is 11.6 Å². The van der Waals surface area contributed by atoms with Crippen LogP contribution in [-0.4, -0.2) is 4.92 Å². The van der Waals surface area contributed by atoms with Crippen molar-refractivity contribution < 1.29 is 4.92 Å². The maximum absolute atomic E-state index is 10.9. The highest BCUT2D eigenvalue weighted by atomic mass is 16.6. The van der Waals surface area contributed by atoms with E-state index in [1.165, 1.54) is 6.08 Å². The van der Waals surface area contributed by atoms with Crippen molar-refractivity contribution in [3.8, 4) is 0 Å². The van der Waals surface area contributed by atoms with E-state index in [-0.39, 0.29) is 10.6 Å². The Labute approximate surface area is 138 Å². The van der Waals surface area contributed by atoms with Crippen molar-refractivity contribution in [3.05, 3.63) is 70.0 Å². The second-order valence-corrected chi connectivity index (χ2v) is 3.11. The van der Waals surface area contributed by atoms with Gasteiger partial charge in [0.2, 0.25) is 0 Å². The summed E-state index contributed by atoms with van der Waals surface area (Å²) < 4.78 is 0. The van der Waals surface area contributed by atoms with Crippen molar-refractivity contribution in [2.45, 2.75) is 62.3 Å². The first kappa shape index (κ1) is 28.3. The minimum absolute atomic E-state index is 0.115. The highest BCUT2D eigenvalue weighted by Gasteiger charge is 2.12. The molecular weight excluding hydrogens is 274 g/mol. The Morgan fingerprint density at radius 2 is 1.45 bits per heavy atom. The Kier molecular flexibility index (Phi) is 31.0. The fourth-order valence-corrected chi connectivity index (χ4v) is 1.24. The van der Waals surface area contributed by atoms with Crippen LogP contribution in [0, 0.1) is 10.1 Å². The summed E-state index contributed by atoms with van der Waals surface area (Å²) in [4.78, 5) is 10.5. The third-order valence-corrected chi connectivity index (χ3v) is 2.06. The molecule has 0 aromatic rings. The van der Waals surface area contributed by atoms with Crippen molar-refractivity contribution >= 4 is 0 Å². The van der Waals surface area contributed by atoms with Crippen LogP contribution in [0.3, 0.4) is 0 Å². The van der Waals surface area contributed by atoms with Crippen molar-refractivity contribution in [2.24, 2.45) is 0 Å². The van der Waals surface area contributed by atoms with Crippen molar-refractivity contribution in [1.29, 1.82) is 0 Å². The molecule has 0 amide bonds. The van der Waals surface area contributed by atoms with Gasteiger partial charge in [-0.25, -0.2) is 0 Å². The van der Waals surface area contributed by atoms with E-state index in [0.29, 0.717) is 5.57 Å². The molecule has 0 bridgehead atoms. The lowest BCUT2D eigenvalue weighted by Crippen LogP contribution is -2.00. The maximum Gasteiger partial charge on any atom is 0.272 e. The molecule has 0 aliphatic heterocycles. The highest BCUT2D eigenvalue weighted by Crippen LogP contribution is 2.17. The van der Waals surface area contributed by atoms with Gasteiger partial charge in [0.15, 0.2) is 0 Å². The van der Waals surface area contributed by atoms with E-state index in [0.717, 1.165) is 5.57 Å². The number of hydrogen-bond donors (Lipinski definition) is 0. The van der Waals surface area contributed by atoms with Gasteiger partial charge < -0.3 is 0 Å². The normalized spacial score (nSPS) is 11.2. The molecule has 0 radical (unpaired) electrons. The molecule has 128 valence electrons. The molecule has 3 nitrogen and oxygen atoms in total. The fourth-order valence-electron chi connectivity index (χ4n) is 1.24. The van der Waals surface area contributed by atoms with Crippen LogP contribution in [-0.2, 0) is 0 Å². The van der Waals surface area contributed by atoms with Gasteiger partial charge in [0.25, 0.3) is 5.70 Å². The SMILES string of the molecule is C=C\C=C/C(=C\C)C(/C)=C(/C=C\C)[N+](=O)[O-].CC.CC.CC. The first-order valence-corrected chi connectivity index (χ1v) is 8.02. The van der Waals surface area contributed by atoms with E-state index < -0.39 is 0 Å². The minimum atomic E-state index is -0.374. The lowest BCUT2D eigenvalue weighted by Gasteiger charge is -2.02. The molecular formula is C19H35NO2. The molecule has 0 aromatic heterocycles. The molecule has 0 unspecified atom stereocenters. The van der Waals surface area contributed by atoms with Crippen LogP contribution in [0.25, 0.3) is 0 Å². The van der Waals surface area contributed by atoms with E-state index >= 15 is 0 Å². The van der Waals surface area contributed by atoms with Crippen LogP contribution in [0.2, 0.25) is 0 Å². The summed E-state index contributed by atoms with van der Waals surface area (Å²) in [5.41, 5.74) is 1.58. The highest BCUT2D eigenvalue weighted by molar-refractivity contribution is 5.42. The number of nitrogens with zero attached hydrogens (tertiary/aromatic N) is 1. The van der Waals surface area contributed by atoms with Gasteiger partial charge in [-0.2, -0.15) is 0 Å². The lowest BCUT2D eigenvalue weighted by atomic mass is 10.0. The Morgan fingerprint density at radius 3 is 1.73 bits per heavy atom. The molecule has 0 saturated carbocycles. The number of rotatable bonds is 5. The topological polar surface area (TPSA) is 43.1 Å². The molecule has 0 saturated heterocycles. The molecule has 0 heterocycles. The number of hydrogen-bond acceptors (Lipinski definition) is 2. The van der Waals surface area contributed by atoms with Gasteiger partial charge in [-0.1, -0.05) is 78.5 Å². The number of nitro groups is 1. The molecule has 0 fully saturated rings. The second kappa shape index (κ2) is 24.1. The molecule has 0 rings (SSSR count). The molecule has 3 heteroatoms. The van der Waals surface area contributed by atoms with Gasteiger partial charge in [-0.15, -0.1) is 0 Å². The van der Waals surface area contributed by atoms with Crippen LogP contribution in [0.1, 0.15) is 62.3 Å². The van der Waals surface area contributed by atoms with E-state index in [9.17, 15) is 10.1 Å². The zero-order chi connectivity index (χ0) is 18.6. The van der Waals surface area contributed by atoms with Crippen molar-refractivity contribution in [1.82, 2.24) is 0 Å². The summed E-state index contributed by atoms with van der Waals surface area (Å²) in [6, 6.07) is 0. The quantitative estimate of drug-likeness (QED) is 0.315. The first-order valence-electron chi connectivity index (χ1n) is 8.02. The third kappa shape index (κ3) is 14.5. The van der Waals surface area contributed by atoms with E-state index in [1.54, 1.807) is 38.2 Å². The van der Waals surface area contributed by atoms with Gasteiger partial charge in [0.1, 0.15) is 0 Å². The maximum atomic E-state index is 10.9. The molecule has 0 aromatic carbocycles. The third-order valence-electron chi connectivity index (χ3n) is 2.06. The summed E-state index contributed by atoms with van der Waals surface area (Å²) >= 11 is 0. The second-order valence-electron chi connectivity index (χ2n) is 3.11. The van der Waals surface area contributed by atoms with Crippen molar-refractivity contribution in [2.75, 3.05) is 0 Å². The summed E-state index contributed by atoms with van der Waals surface area (Å²) in [7, 11) is 0. The smallest absolute Gasteiger partial charge is 0.258 e. The standard InChI is InChI=1S/C13H17NO2.3C2H6/c1-5-8-10-12(7-3)11(4)13(9-6-2)14(15)16;3*1-2/h5-10H,1H2,2-4H3;3*1-2H3/b9-6-,10-8-,12-7+,13-11-;;;. The van der Waals surface area contributed by atoms with E-state index in [1.807, 2.05) is 54.5 Å². The average Bonchev–Trinajstić information content (AvgIpc) is 2.58. The monoisotopic (exact) mass is 309 g/mol. The summed E-state index contributed by atoms with van der Waals surface area (Å²) in [6.45, 7) is 20.9. The molecule has 0 spiro atoms. The zero-order valence-electron chi connectivity index (χ0n) is 15.9. The number of allylic oxidation sites excluding steroid dienone is 8. The zero-order valence-corrected chi connectivity index (χ0v) is 15.9. The van der Waals surface area contributed by atoms with Gasteiger partial charge in [0.05, 0.1) is 4.92 Å². The largest absolute Gasteiger partial charge is 0.272 e. The van der Waals surface area contributed by atoms with Gasteiger partial charge in [-0.05, 0) is 26.3 Å². The van der Waals surface area contributed by atoms with Crippen LogP contribution in [0.15, 0.2) is 59.9 Å². The Morgan fingerprint density at radius 1 is 1.00 bits per heavy atom. The van der Waals surface area contributed by atoms with Crippen LogP contribution >= 0.6 is 0 Å². The van der Waals surface area contributed by atoms with Crippen LogP contribution in [0.5, 0.6) is 0 Å². The lowest BCUT2D eigenvalue weighted by molar-refractivity contribution is -0.420. The molecule has 0 atom stereocenters. The molecule has 0 aliphatic rings. The molecule has 22 heavy (non-hydrogen) atoms.